The summed E-state index contributed by atoms with van der Waals surface area (Å²) in [5.41, 5.74) is 0. The summed E-state index contributed by atoms with van der Waals surface area (Å²) in [5, 5.41) is 10.2. The molecule has 3 aliphatic carbocycles. The highest BCUT2D eigenvalue weighted by Crippen LogP contribution is 2.50. The Morgan fingerprint density at radius 3 is 2.56 bits per heavy atom. The number of hydrogen-bond donors (Lipinski definition) is 1. The Balaban J connectivity index is 1.34. The highest BCUT2D eigenvalue weighted by Gasteiger charge is 2.40. The van der Waals surface area contributed by atoms with Crippen LogP contribution in [0.4, 0.5) is 0 Å². The van der Waals surface area contributed by atoms with Gasteiger partial charge in [0.15, 0.2) is 0 Å². The van der Waals surface area contributed by atoms with E-state index in [1.165, 1.54) is 38.5 Å². The molecule has 104 valence electrons. The van der Waals surface area contributed by atoms with E-state index in [9.17, 15) is 5.11 Å². The third kappa shape index (κ3) is 2.75. The van der Waals surface area contributed by atoms with Crippen molar-refractivity contribution in [2.75, 3.05) is 6.61 Å². The lowest BCUT2D eigenvalue weighted by Crippen LogP contribution is -2.34. The molecule has 3 fully saturated rings. The quantitative estimate of drug-likeness (QED) is 0.785. The minimum absolute atomic E-state index is 0.0399. The maximum absolute atomic E-state index is 10.2. The van der Waals surface area contributed by atoms with Crippen molar-refractivity contribution >= 4 is 0 Å². The summed E-state index contributed by atoms with van der Waals surface area (Å²) < 4.78 is 5.58. The van der Waals surface area contributed by atoms with Gasteiger partial charge in [-0.3, -0.25) is 0 Å². The van der Waals surface area contributed by atoms with Crippen LogP contribution in [0.3, 0.4) is 0 Å². The molecule has 4 unspecified atom stereocenters. The lowest BCUT2D eigenvalue weighted by atomic mass is 9.76. The molecule has 18 heavy (non-hydrogen) atoms. The molecule has 2 nitrogen and oxygen atoms in total. The van der Waals surface area contributed by atoms with Gasteiger partial charge in [0.05, 0.1) is 12.2 Å². The summed E-state index contributed by atoms with van der Waals surface area (Å²) in [6.07, 6.45) is 10.7. The molecule has 3 rings (SSSR count). The van der Waals surface area contributed by atoms with Gasteiger partial charge in [-0.1, -0.05) is 6.42 Å². The summed E-state index contributed by atoms with van der Waals surface area (Å²) >= 11 is 0. The third-order valence-corrected chi connectivity index (χ3v) is 5.66. The molecule has 4 atom stereocenters. The van der Waals surface area contributed by atoms with Crippen molar-refractivity contribution < 1.29 is 9.84 Å². The van der Waals surface area contributed by atoms with E-state index in [-0.39, 0.29) is 6.10 Å². The van der Waals surface area contributed by atoms with Crippen LogP contribution in [0.1, 0.15) is 58.3 Å². The van der Waals surface area contributed by atoms with Crippen LogP contribution in [-0.2, 0) is 4.74 Å². The Morgan fingerprint density at radius 1 is 1.11 bits per heavy atom. The van der Waals surface area contributed by atoms with E-state index in [0.29, 0.717) is 6.10 Å². The first-order chi connectivity index (χ1) is 8.74. The number of hydrogen-bond acceptors (Lipinski definition) is 2. The van der Waals surface area contributed by atoms with Crippen molar-refractivity contribution in [3.05, 3.63) is 0 Å². The van der Waals surface area contributed by atoms with E-state index in [2.05, 4.69) is 6.92 Å². The lowest BCUT2D eigenvalue weighted by Gasteiger charge is -2.36. The number of rotatable bonds is 6. The third-order valence-electron chi connectivity index (χ3n) is 5.66. The van der Waals surface area contributed by atoms with Crippen molar-refractivity contribution in [3.8, 4) is 0 Å². The molecule has 0 amide bonds. The molecule has 0 heterocycles. The van der Waals surface area contributed by atoms with Gasteiger partial charge in [-0.25, -0.2) is 0 Å². The second-order valence-corrected chi connectivity index (χ2v) is 6.97. The first-order valence-electron chi connectivity index (χ1n) is 8.04. The Bertz CT molecular complexity index is 272. The first-order valence-corrected chi connectivity index (χ1v) is 8.04. The minimum atomic E-state index is -0.0399. The summed E-state index contributed by atoms with van der Waals surface area (Å²) in [6.45, 7) is 2.91. The Labute approximate surface area is 111 Å². The summed E-state index contributed by atoms with van der Waals surface area (Å²) in [5.74, 6) is 3.55. The number of aliphatic hydroxyl groups is 1. The first kappa shape index (κ1) is 12.9. The molecule has 2 bridgehead atoms. The monoisotopic (exact) mass is 252 g/mol. The van der Waals surface area contributed by atoms with Gasteiger partial charge in [0.1, 0.15) is 0 Å². The molecule has 0 saturated heterocycles. The zero-order valence-electron chi connectivity index (χ0n) is 11.7. The van der Waals surface area contributed by atoms with E-state index < -0.39 is 0 Å². The van der Waals surface area contributed by atoms with E-state index in [0.717, 1.165) is 43.1 Å². The number of ether oxygens (including phenoxy) is 1. The smallest absolute Gasteiger partial charge is 0.0580 e. The maximum atomic E-state index is 10.2. The molecular weight excluding hydrogens is 224 g/mol. The van der Waals surface area contributed by atoms with Gasteiger partial charge in [-0.2, -0.15) is 0 Å². The second-order valence-electron chi connectivity index (χ2n) is 6.97. The van der Waals surface area contributed by atoms with E-state index >= 15 is 0 Å². The van der Waals surface area contributed by atoms with Gasteiger partial charge >= 0.3 is 0 Å². The Hall–Kier alpha value is -0.0800. The molecule has 0 aromatic heterocycles. The van der Waals surface area contributed by atoms with Gasteiger partial charge in [0.2, 0.25) is 0 Å². The van der Waals surface area contributed by atoms with Crippen LogP contribution in [0.25, 0.3) is 0 Å². The molecule has 0 aromatic carbocycles. The van der Waals surface area contributed by atoms with Crippen LogP contribution in [0.2, 0.25) is 0 Å². The van der Waals surface area contributed by atoms with Crippen molar-refractivity contribution in [1.29, 1.82) is 0 Å². The predicted octanol–water partition coefficient (Wildman–Crippen LogP) is 3.38. The molecule has 1 N–H and O–H groups in total. The van der Waals surface area contributed by atoms with Crippen LogP contribution in [0.5, 0.6) is 0 Å². The highest BCUT2D eigenvalue weighted by molar-refractivity contribution is 4.91. The SMILES string of the molecule is CCOC1CC(CC(O)CC2CC3CCC2C3)C1. The average molecular weight is 252 g/mol. The van der Waals surface area contributed by atoms with E-state index in [1.54, 1.807) is 0 Å². The largest absolute Gasteiger partial charge is 0.393 e. The van der Waals surface area contributed by atoms with E-state index in [1.807, 2.05) is 0 Å². The second kappa shape index (κ2) is 5.50. The summed E-state index contributed by atoms with van der Waals surface area (Å²) in [4.78, 5) is 0. The fourth-order valence-electron chi connectivity index (χ4n) is 4.73. The van der Waals surface area contributed by atoms with Crippen LogP contribution >= 0.6 is 0 Å². The topological polar surface area (TPSA) is 29.5 Å². The van der Waals surface area contributed by atoms with Crippen LogP contribution in [0, 0.1) is 23.7 Å². The standard InChI is InChI=1S/C16H28O2/c1-2-18-16-8-12(9-16)7-15(17)10-14-6-11-3-4-13(14)5-11/h11-17H,2-10H2,1H3. The van der Waals surface area contributed by atoms with Crippen molar-refractivity contribution in [2.24, 2.45) is 23.7 Å². The van der Waals surface area contributed by atoms with Crippen molar-refractivity contribution in [3.63, 3.8) is 0 Å². The van der Waals surface area contributed by atoms with Crippen LogP contribution in [-0.4, -0.2) is 23.9 Å². The molecule has 3 aliphatic rings. The molecule has 0 spiro atoms. The average Bonchev–Trinajstić information content (AvgIpc) is 2.88. The fourth-order valence-corrected chi connectivity index (χ4v) is 4.73. The molecular formula is C16H28O2. The van der Waals surface area contributed by atoms with Gasteiger partial charge in [-0.15, -0.1) is 0 Å². The van der Waals surface area contributed by atoms with Crippen LogP contribution < -0.4 is 0 Å². The predicted molar refractivity (Wildman–Crippen MR) is 72.3 cm³/mol. The summed E-state index contributed by atoms with van der Waals surface area (Å²) in [6, 6.07) is 0. The Kier molecular flexibility index (Phi) is 3.95. The number of aliphatic hydroxyl groups excluding tert-OH is 1. The molecule has 0 aromatic rings. The molecule has 3 saturated carbocycles. The minimum Gasteiger partial charge on any atom is -0.393 e. The van der Waals surface area contributed by atoms with Crippen molar-refractivity contribution in [1.82, 2.24) is 0 Å². The zero-order valence-corrected chi connectivity index (χ0v) is 11.7. The summed E-state index contributed by atoms with van der Waals surface area (Å²) in [7, 11) is 0. The molecule has 0 radical (unpaired) electrons. The molecule has 0 aliphatic heterocycles. The van der Waals surface area contributed by atoms with Gasteiger partial charge in [0, 0.05) is 6.61 Å². The highest BCUT2D eigenvalue weighted by atomic mass is 16.5. The fraction of sp³-hybridized carbons (Fsp3) is 1.00. The van der Waals surface area contributed by atoms with Crippen LogP contribution in [0.15, 0.2) is 0 Å². The Morgan fingerprint density at radius 2 is 1.94 bits per heavy atom. The number of fused-ring (bicyclic) bond motifs is 2. The van der Waals surface area contributed by atoms with E-state index in [4.69, 9.17) is 4.74 Å². The van der Waals surface area contributed by atoms with Gasteiger partial charge in [0.25, 0.3) is 0 Å². The van der Waals surface area contributed by atoms with Gasteiger partial charge in [-0.05, 0) is 75.5 Å². The van der Waals surface area contributed by atoms with Gasteiger partial charge < -0.3 is 9.84 Å². The normalized spacial score (nSPS) is 44.0. The van der Waals surface area contributed by atoms with Crippen molar-refractivity contribution in [2.45, 2.75) is 70.5 Å². The lowest BCUT2D eigenvalue weighted by molar-refractivity contribution is -0.0402. The zero-order chi connectivity index (χ0) is 12.5. The maximum Gasteiger partial charge on any atom is 0.0580 e. The molecule has 2 heteroatoms.